The number of halogens is 8. The summed E-state index contributed by atoms with van der Waals surface area (Å²) in [4.78, 5) is 3.78. The van der Waals surface area contributed by atoms with Gasteiger partial charge in [0.1, 0.15) is 0 Å². The maximum Gasteiger partial charge on any atom is 0.438 e. The van der Waals surface area contributed by atoms with Crippen molar-refractivity contribution in [1.29, 1.82) is 0 Å². The van der Waals surface area contributed by atoms with Crippen molar-refractivity contribution >= 4 is 10.1 Å². The molecular formula is C10H9F8NO3S. The summed E-state index contributed by atoms with van der Waals surface area (Å²) in [5, 5.41) is -6.76. The molecule has 1 aromatic rings. The van der Waals surface area contributed by atoms with E-state index in [2.05, 4.69) is 4.98 Å². The molecule has 0 fully saturated rings. The number of hydrogen-bond acceptors (Lipinski definition) is 3. The van der Waals surface area contributed by atoms with Gasteiger partial charge in [0.15, 0.2) is 0 Å². The highest BCUT2D eigenvalue weighted by Gasteiger charge is 2.83. The Morgan fingerprint density at radius 1 is 0.826 bits per heavy atom. The lowest BCUT2D eigenvalue weighted by Gasteiger charge is -2.33. The molecule has 0 aliphatic heterocycles. The molecule has 4 nitrogen and oxygen atoms in total. The monoisotopic (exact) mass is 375 g/mol. The molecule has 0 aromatic carbocycles. The topological polar surface area (TPSA) is 67.3 Å². The zero-order valence-electron chi connectivity index (χ0n) is 11.0. The summed E-state index contributed by atoms with van der Waals surface area (Å²) in [5.41, 5.74) is 0. The van der Waals surface area contributed by atoms with E-state index in [0.29, 0.717) is 0 Å². The number of alkyl halides is 8. The third-order valence-corrected chi connectivity index (χ3v) is 3.11. The van der Waals surface area contributed by atoms with Crippen LogP contribution in [-0.2, 0) is 10.1 Å². The van der Waals surface area contributed by atoms with Gasteiger partial charge in [-0.1, -0.05) is 6.07 Å². The maximum atomic E-state index is 12.5. The van der Waals surface area contributed by atoms with Crippen LogP contribution in [0.2, 0.25) is 0 Å². The number of pyridine rings is 1. The normalized spacial score (nSPS) is 14.0. The van der Waals surface area contributed by atoms with Gasteiger partial charge in [0.2, 0.25) is 0 Å². The Morgan fingerprint density at radius 3 is 1.39 bits per heavy atom. The summed E-state index contributed by atoms with van der Waals surface area (Å²) in [6, 6.07) is 5.72. The van der Waals surface area contributed by atoms with E-state index in [-0.39, 0.29) is 0 Å². The first kappa shape index (κ1) is 21.5. The zero-order valence-corrected chi connectivity index (χ0v) is 11.8. The van der Waals surface area contributed by atoms with E-state index in [9.17, 15) is 43.5 Å². The van der Waals surface area contributed by atoms with Crippen LogP contribution < -0.4 is 0 Å². The predicted molar refractivity (Wildman–Crippen MR) is 61.2 cm³/mol. The quantitative estimate of drug-likeness (QED) is 0.647. The highest BCUT2D eigenvalue weighted by molar-refractivity contribution is 7.87. The lowest BCUT2D eigenvalue weighted by Crippen LogP contribution is -2.63. The lowest BCUT2D eigenvalue weighted by atomic mass is 10.1. The van der Waals surface area contributed by atoms with Crippen molar-refractivity contribution in [2.75, 3.05) is 0 Å². The van der Waals surface area contributed by atoms with Crippen LogP contribution in [0.1, 0.15) is 6.92 Å². The Balaban J connectivity index is 0.000000664. The van der Waals surface area contributed by atoms with E-state index in [4.69, 9.17) is 4.55 Å². The van der Waals surface area contributed by atoms with Crippen molar-refractivity contribution in [2.24, 2.45) is 0 Å². The van der Waals surface area contributed by atoms with E-state index in [1.807, 2.05) is 18.2 Å². The number of hydrogen-bond donors (Lipinski definition) is 1. The summed E-state index contributed by atoms with van der Waals surface area (Å²) >= 11 is 0. The molecule has 0 radical (unpaired) electrons. The van der Waals surface area contributed by atoms with Crippen LogP contribution in [0.25, 0.3) is 0 Å². The van der Waals surface area contributed by atoms with Gasteiger partial charge in [-0.2, -0.15) is 43.5 Å². The fourth-order valence-corrected chi connectivity index (χ4v) is 1.39. The summed E-state index contributed by atoms with van der Waals surface area (Å²) in [6.07, 6.45) is 3.50. The molecule has 0 aliphatic carbocycles. The zero-order chi connectivity index (χ0) is 18.7. The first-order valence-electron chi connectivity index (χ1n) is 5.33. The first-order valence-corrected chi connectivity index (χ1v) is 6.77. The average Bonchev–Trinajstić information content (AvgIpc) is 2.38. The smallest absolute Gasteiger partial charge is 0.281 e. The first-order chi connectivity index (χ1) is 10.0. The second kappa shape index (κ2) is 6.55. The number of nitrogens with zero attached hydrogens (tertiary/aromatic N) is 1. The molecule has 1 N–H and O–H groups in total. The molecule has 1 rings (SSSR count). The van der Waals surface area contributed by atoms with Crippen LogP contribution >= 0.6 is 0 Å². The van der Waals surface area contributed by atoms with E-state index in [0.717, 1.165) is 0 Å². The van der Waals surface area contributed by atoms with Crippen molar-refractivity contribution in [3.63, 3.8) is 0 Å². The van der Waals surface area contributed by atoms with E-state index in [1.54, 1.807) is 12.4 Å². The molecule has 0 amide bonds. The molecule has 0 aliphatic rings. The van der Waals surface area contributed by atoms with Gasteiger partial charge in [-0.3, -0.25) is 9.54 Å². The van der Waals surface area contributed by atoms with Gasteiger partial charge in [-0.25, -0.2) is 0 Å². The molecule has 0 spiro atoms. The van der Waals surface area contributed by atoms with E-state index >= 15 is 0 Å². The van der Waals surface area contributed by atoms with E-state index < -0.39 is 40.1 Å². The molecule has 134 valence electrons. The highest BCUT2D eigenvalue weighted by Crippen LogP contribution is 2.53. The van der Waals surface area contributed by atoms with Crippen molar-refractivity contribution in [1.82, 2.24) is 4.98 Å². The highest BCUT2D eigenvalue weighted by atomic mass is 32.2. The Morgan fingerprint density at radius 2 is 1.22 bits per heavy atom. The molecule has 0 unspecified atom stereocenters. The minimum Gasteiger partial charge on any atom is -0.281 e. The standard InChI is InChI=1S/C5H4F8O3S.C5H5N/c1-2(6,7)3(8,9)4(10,11)5(12,13)17(14,15)16;1-2-4-6-5-3-1/h1H3,(H,14,15,16);1-5H. The molecular weight excluding hydrogens is 366 g/mol. The second-order valence-electron chi connectivity index (χ2n) is 4.05. The van der Waals surface area contributed by atoms with Gasteiger partial charge in [0.05, 0.1) is 0 Å². The molecule has 0 saturated carbocycles. The van der Waals surface area contributed by atoms with Crippen LogP contribution in [0.4, 0.5) is 35.1 Å². The Kier molecular flexibility index (Phi) is 6.12. The fraction of sp³-hybridized carbons (Fsp3) is 0.500. The fourth-order valence-electron chi connectivity index (χ4n) is 0.933. The summed E-state index contributed by atoms with van der Waals surface area (Å²) in [5.74, 6) is -19.3. The van der Waals surface area contributed by atoms with Crippen molar-refractivity contribution < 1.29 is 48.1 Å². The third kappa shape index (κ3) is 4.28. The van der Waals surface area contributed by atoms with Gasteiger partial charge in [0, 0.05) is 19.3 Å². The van der Waals surface area contributed by atoms with Crippen LogP contribution in [0, 0.1) is 0 Å². The Hall–Kier alpha value is -1.50. The van der Waals surface area contributed by atoms with Gasteiger partial charge in [0.25, 0.3) is 0 Å². The number of rotatable bonds is 4. The van der Waals surface area contributed by atoms with Gasteiger partial charge >= 0.3 is 33.1 Å². The van der Waals surface area contributed by atoms with Crippen LogP contribution in [0.5, 0.6) is 0 Å². The maximum absolute atomic E-state index is 12.5. The van der Waals surface area contributed by atoms with Crippen molar-refractivity contribution in [2.45, 2.75) is 29.9 Å². The van der Waals surface area contributed by atoms with E-state index in [1.165, 1.54) is 0 Å². The van der Waals surface area contributed by atoms with Crippen LogP contribution in [-0.4, -0.2) is 41.0 Å². The molecule has 23 heavy (non-hydrogen) atoms. The van der Waals surface area contributed by atoms with Crippen LogP contribution in [0.3, 0.4) is 0 Å². The summed E-state index contributed by atoms with van der Waals surface area (Å²) in [7, 11) is -7.00. The minimum absolute atomic E-state index is 0.805. The molecule has 13 heteroatoms. The van der Waals surface area contributed by atoms with Crippen molar-refractivity contribution in [3.05, 3.63) is 30.6 Å². The Bertz CT molecular complexity index is 574. The average molecular weight is 375 g/mol. The van der Waals surface area contributed by atoms with Gasteiger partial charge in [-0.15, -0.1) is 0 Å². The summed E-state index contributed by atoms with van der Waals surface area (Å²) < 4.78 is 126. The Labute approximate surface area is 124 Å². The predicted octanol–water partition coefficient (Wildman–Crippen LogP) is 3.47. The summed E-state index contributed by atoms with van der Waals surface area (Å²) in [6.45, 7) is -0.805. The third-order valence-electron chi connectivity index (χ3n) is 2.20. The van der Waals surface area contributed by atoms with Crippen molar-refractivity contribution in [3.8, 4) is 0 Å². The second-order valence-corrected chi connectivity index (χ2v) is 5.52. The molecule has 0 bridgehead atoms. The molecule has 0 atom stereocenters. The lowest BCUT2D eigenvalue weighted by molar-refractivity contribution is -0.343. The number of aromatic nitrogens is 1. The van der Waals surface area contributed by atoms with Gasteiger partial charge < -0.3 is 0 Å². The SMILES string of the molecule is CC(F)(F)C(F)(F)C(F)(F)C(F)(F)S(=O)(=O)O.c1ccncc1. The van der Waals surface area contributed by atoms with Gasteiger partial charge in [-0.05, 0) is 12.1 Å². The minimum atomic E-state index is -7.00. The van der Waals surface area contributed by atoms with Crippen LogP contribution in [0.15, 0.2) is 30.6 Å². The molecule has 1 aromatic heterocycles. The largest absolute Gasteiger partial charge is 0.438 e. The molecule has 1 heterocycles. The molecule has 0 saturated heterocycles.